The molecule has 11 heteroatoms. The molecule has 7 N–H and O–H groups in total. The fourth-order valence-corrected chi connectivity index (χ4v) is 1.46. The number of nitrogens with two attached hydrogens (primary N) is 2. The van der Waals surface area contributed by atoms with E-state index in [2.05, 4.69) is 36.1 Å². The van der Waals surface area contributed by atoms with Crippen LogP contribution in [0.1, 0.15) is 10.5 Å². The fourth-order valence-electron chi connectivity index (χ4n) is 1.33. The zero-order valence-electron chi connectivity index (χ0n) is 10.2. The topological polar surface area (TPSA) is 156 Å². The molecule has 0 aromatic carbocycles. The van der Waals surface area contributed by atoms with E-state index in [1.807, 2.05) is 0 Å². The van der Waals surface area contributed by atoms with Gasteiger partial charge < -0.3 is 16.8 Å². The molecule has 1 aromatic rings. The van der Waals surface area contributed by atoms with Gasteiger partial charge in [0.05, 0.1) is 6.54 Å². The number of carbonyl (C=O) groups is 1. The molecular weight excluding hydrogens is 286 g/mol. The third kappa shape index (κ3) is 3.23. The van der Waals surface area contributed by atoms with Crippen molar-refractivity contribution >= 4 is 41.4 Å². The van der Waals surface area contributed by atoms with Crippen LogP contribution in [0.5, 0.6) is 0 Å². The molecule has 0 unspecified atom stereocenters. The van der Waals surface area contributed by atoms with Crippen molar-refractivity contribution in [2.24, 2.45) is 9.98 Å². The molecule has 10 nitrogen and oxygen atoms in total. The van der Waals surface area contributed by atoms with Gasteiger partial charge in [-0.15, -0.1) is 0 Å². The highest BCUT2D eigenvalue weighted by Gasteiger charge is 2.14. The number of halogens is 1. The van der Waals surface area contributed by atoms with E-state index in [-0.39, 0.29) is 22.5 Å². The summed E-state index contributed by atoms with van der Waals surface area (Å²) in [6.45, 7) is 1.45. The van der Waals surface area contributed by atoms with Gasteiger partial charge in [0.15, 0.2) is 22.5 Å². The van der Waals surface area contributed by atoms with Crippen LogP contribution in [-0.2, 0) is 0 Å². The van der Waals surface area contributed by atoms with Gasteiger partial charge in [0, 0.05) is 6.54 Å². The number of hydrazine groups is 1. The van der Waals surface area contributed by atoms with Gasteiger partial charge >= 0.3 is 5.91 Å². The number of nitrogen functional groups attached to an aromatic ring is 2. The fraction of sp³-hybridized carbons (Fsp3) is 0.222. The molecule has 0 fully saturated rings. The Bertz CT molecular complexity index is 585. The van der Waals surface area contributed by atoms with E-state index in [1.54, 1.807) is 0 Å². The summed E-state index contributed by atoms with van der Waals surface area (Å²) in [6, 6.07) is 0. The normalized spacial score (nSPS) is 13.9. The first-order valence-corrected chi connectivity index (χ1v) is 5.91. The quantitative estimate of drug-likeness (QED) is 0.257. The summed E-state index contributed by atoms with van der Waals surface area (Å²) in [5.74, 6) is -0.315. The van der Waals surface area contributed by atoms with Crippen LogP contribution in [0, 0.1) is 0 Å². The van der Waals surface area contributed by atoms with Gasteiger partial charge in [-0.2, -0.15) is 4.99 Å². The van der Waals surface area contributed by atoms with Gasteiger partial charge in [-0.25, -0.2) is 9.97 Å². The first kappa shape index (κ1) is 13.8. The van der Waals surface area contributed by atoms with Crippen molar-refractivity contribution in [1.29, 1.82) is 0 Å². The Morgan fingerprint density at radius 1 is 1.40 bits per heavy atom. The van der Waals surface area contributed by atoms with Gasteiger partial charge in [-0.1, -0.05) is 11.6 Å². The van der Waals surface area contributed by atoms with Crippen molar-refractivity contribution in [3.63, 3.8) is 0 Å². The Morgan fingerprint density at radius 2 is 2.20 bits per heavy atom. The van der Waals surface area contributed by atoms with Crippen LogP contribution in [-0.4, -0.2) is 41.3 Å². The van der Waals surface area contributed by atoms with E-state index in [1.165, 1.54) is 0 Å². The van der Waals surface area contributed by atoms with E-state index in [9.17, 15) is 4.79 Å². The lowest BCUT2D eigenvalue weighted by molar-refractivity contribution is 0.0999. The number of guanidine groups is 1. The van der Waals surface area contributed by atoms with E-state index >= 15 is 0 Å². The molecule has 0 radical (unpaired) electrons. The molecule has 1 aromatic heterocycles. The van der Waals surface area contributed by atoms with Crippen LogP contribution in [0.3, 0.4) is 0 Å². The molecule has 20 heavy (non-hydrogen) atoms. The van der Waals surface area contributed by atoms with E-state index in [4.69, 9.17) is 23.1 Å². The summed E-state index contributed by atoms with van der Waals surface area (Å²) in [6.07, 6.45) is 1.14. The molecule has 106 valence electrons. The number of amides is 1. The van der Waals surface area contributed by atoms with Crippen molar-refractivity contribution in [1.82, 2.24) is 26.1 Å². The molecule has 1 amide bonds. The average Bonchev–Trinajstić information content (AvgIpc) is 2.92. The first-order chi connectivity index (χ1) is 9.58. The maximum absolute atomic E-state index is 11.7. The minimum Gasteiger partial charge on any atom is -0.382 e. The first-order valence-electron chi connectivity index (χ1n) is 5.53. The van der Waals surface area contributed by atoms with Crippen LogP contribution in [0.2, 0.25) is 5.15 Å². The van der Waals surface area contributed by atoms with Crippen molar-refractivity contribution in [3.8, 4) is 0 Å². The van der Waals surface area contributed by atoms with Crippen molar-refractivity contribution in [2.75, 3.05) is 24.6 Å². The number of hydrogen-bond donors (Lipinski definition) is 5. The Morgan fingerprint density at radius 3 is 2.90 bits per heavy atom. The second-order valence-electron chi connectivity index (χ2n) is 3.62. The molecule has 1 aliphatic rings. The molecule has 2 heterocycles. The third-order valence-electron chi connectivity index (χ3n) is 2.22. The van der Waals surface area contributed by atoms with Crippen molar-refractivity contribution < 1.29 is 4.79 Å². The third-order valence-corrected chi connectivity index (χ3v) is 2.50. The summed E-state index contributed by atoms with van der Waals surface area (Å²) in [5.41, 5.74) is 16.0. The highest BCUT2D eigenvalue weighted by Crippen LogP contribution is 2.17. The maximum Gasteiger partial charge on any atom is 0.300 e. The minimum atomic E-state index is -0.701. The monoisotopic (exact) mass is 297 g/mol. The van der Waals surface area contributed by atoms with E-state index in [0.29, 0.717) is 12.5 Å². The zero-order valence-corrected chi connectivity index (χ0v) is 11.0. The van der Waals surface area contributed by atoms with Gasteiger partial charge in [-0.05, 0) is 0 Å². The molecule has 0 atom stereocenters. The molecule has 0 bridgehead atoms. The largest absolute Gasteiger partial charge is 0.382 e. The number of carbonyl (C=O) groups excluding carboxylic acids is 1. The van der Waals surface area contributed by atoms with Crippen LogP contribution in [0.15, 0.2) is 9.98 Å². The SMILES string of the molecule is Nc1nc(N)c(C(=O)N=CNNC2=NCCN2)nc1Cl. The van der Waals surface area contributed by atoms with Crippen LogP contribution in [0.25, 0.3) is 0 Å². The highest BCUT2D eigenvalue weighted by atomic mass is 35.5. The van der Waals surface area contributed by atoms with Gasteiger partial charge in [-0.3, -0.25) is 20.6 Å². The Kier molecular flexibility index (Phi) is 4.15. The number of hydrogen-bond acceptors (Lipinski definition) is 8. The van der Waals surface area contributed by atoms with Crippen molar-refractivity contribution in [2.45, 2.75) is 0 Å². The van der Waals surface area contributed by atoms with Crippen molar-refractivity contribution in [3.05, 3.63) is 10.8 Å². The average molecular weight is 298 g/mol. The van der Waals surface area contributed by atoms with Crippen LogP contribution in [0.4, 0.5) is 11.6 Å². The Hall–Kier alpha value is -2.62. The minimum absolute atomic E-state index is 0.0465. The van der Waals surface area contributed by atoms with Crippen LogP contribution >= 0.6 is 11.6 Å². The standard InChI is InChI=1S/C9H12ClN9O/c10-5-7(12)18-6(11)4(17-5)8(20)15-3-16-19-9-13-1-2-14-9/h3H,1-2H2,(H4,11,12,18)(H2,13,14,19)(H,15,16,20). The molecule has 1 aliphatic heterocycles. The second kappa shape index (κ2) is 6.02. The number of aromatic nitrogens is 2. The summed E-state index contributed by atoms with van der Waals surface area (Å²) in [5, 5.41) is 2.85. The summed E-state index contributed by atoms with van der Waals surface area (Å²) >= 11 is 5.67. The summed E-state index contributed by atoms with van der Waals surface area (Å²) < 4.78 is 0. The lowest BCUT2D eigenvalue weighted by Crippen LogP contribution is -2.42. The Balaban J connectivity index is 1.95. The van der Waals surface area contributed by atoms with Crippen LogP contribution < -0.4 is 27.6 Å². The van der Waals surface area contributed by atoms with Gasteiger partial charge in [0.2, 0.25) is 5.96 Å². The summed E-state index contributed by atoms with van der Waals surface area (Å²) in [4.78, 5) is 26.8. The predicted octanol–water partition coefficient (Wildman–Crippen LogP) is -1.48. The molecule has 2 rings (SSSR count). The van der Waals surface area contributed by atoms with E-state index in [0.717, 1.165) is 12.9 Å². The number of aliphatic imine (C=N–C) groups is 2. The number of anilines is 2. The lowest BCUT2D eigenvalue weighted by atomic mass is 10.4. The maximum atomic E-state index is 11.7. The number of nitrogens with zero attached hydrogens (tertiary/aromatic N) is 4. The van der Waals surface area contributed by atoms with Gasteiger partial charge in [0.25, 0.3) is 0 Å². The molecular formula is C9H12ClN9O. The number of rotatable bonds is 3. The second-order valence-corrected chi connectivity index (χ2v) is 3.98. The molecule has 0 aliphatic carbocycles. The molecule has 0 saturated carbocycles. The lowest BCUT2D eigenvalue weighted by Gasteiger charge is -2.04. The highest BCUT2D eigenvalue weighted by molar-refractivity contribution is 6.31. The molecule has 0 saturated heterocycles. The Labute approximate surface area is 118 Å². The molecule has 0 spiro atoms. The van der Waals surface area contributed by atoms with Gasteiger partial charge in [0.1, 0.15) is 6.34 Å². The smallest absolute Gasteiger partial charge is 0.300 e. The zero-order chi connectivity index (χ0) is 14.5. The van der Waals surface area contributed by atoms with E-state index < -0.39 is 5.91 Å². The predicted molar refractivity (Wildman–Crippen MR) is 75.3 cm³/mol. The number of nitrogens with one attached hydrogen (secondary N) is 3. The summed E-state index contributed by atoms with van der Waals surface area (Å²) in [7, 11) is 0.